The third kappa shape index (κ3) is 5.05. The molecule has 0 spiro atoms. The average Bonchev–Trinajstić information content (AvgIpc) is 2.53. The lowest BCUT2D eigenvalue weighted by molar-refractivity contribution is -0.274. The van der Waals surface area contributed by atoms with Gasteiger partial charge in [-0.2, -0.15) is 8.78 Å². The van der Waals surface area contributed by atoms with Gasteiger partial charge < -0.3 is 10.1 Å². The van der Waals surface area contributed by atoms with E-state index in [-0.39, 0.29) is 12.2 Å². The van der Waals surface area contributed by atoms with Crippen molar-refractivity contribution in [2.75, 3.05) is 5.32 Å². The Kier molecular flexibility index (Phi) is 5.51. The van der Waals surface area contributed by atoms with E-state index in [0.717, 1.165) is 18.2 Å². The van der Waals surface area contributed by atoms with Gasteiger partial charge in [0.1, 0.15) is 5.75 Å². The molecule has 0 atom stereocenters. The molecule has 1 N–H and O–H groups in total. The first-order valence-corrected chi connectivity index (χ1v) is 8.34. The van der Waals surface area contributed by atoms with Gasteiger partial charge in [-0.1, -0.05) is 24.3 Å². The second kappa shape index (κ2) is 7.26. The number of hydrogen-bond donors (Lipinski definition) is 1. The Morgan fingerprint density at radius 2 is 1.60 bits per heavy atom. The van der Waals surface area contributed by atoms with Crippen LogP contribution in [0.3, 0.4) is 0 Å². The molecule has 2 rings (SSSR count). The lowest BCUT2D eigenvalue weighted by Crippen LogP contribution is -2.17. The topological polar surface area (TPSA) is 55.4 Å². The van der Waals surface area contributed by atoms with E-state index in [9.17, 15) is 30.4 Å². The molecule has 0 aliphatic rings. The number of anilines is 1. The van der Waals surface area contributed by atoms with Crippen LogP contribution in [0.2, 0.25) is 0 Å². The van der Waals surface area contributed by atoms with E-state index in [2.05, 4.69) is 10.1 Å². The zero-order valence-corrected chi connectivity index (χ0v) is 13.2. The highest BCUT2D eigenvalue weighted by Crippen LogP contribution is 2.27. The van der Waals surface area contributed by atoms with Crippen molar-refractivity contribution in [2.24, 2.45) is 0 Å². The van der Waals surface area contributed by atoms with Gasteiger partial charge in [-0.15, -0.1) is 13.2 Å². The summed E-state index contributed by atoms with van der Waals surface area (Å²) in [7, 11) is -4.78. The zero-order chi connectivity index (χ0) is 18.7. The van der Waals surface area contributed by atoms with Gasteiger partial charge in [-0.25, -0.2) is 8.42 Å². The quantitative estimate of drug-likeness (QED) is 0.763. The number of alkyl halides is 5. The summed E-state index contributed by atoms with van der Waals surface area (Å²) in [5.74, 6) is -3.97. The highest BCUT2D eigenvalue weighted by molar-refractivity contribution is 7.91. The fraction of sp³-hybridized carbons (Fsp3) is 0.200. The number of nitrogens with one attached hydrogen (secondary N) is 1. The number of halogens is 5. The Morgan fingerprint density at radius 1 is 1.00 bits per heavy atom. The maximum atomic E-state index is 12.7. The van der Waals surface area contributed by atoms with Crippen molar-refractivity contribution in [1.82, 2.24) is 0 Å². The summed E-state index contributed by atoms with van der Waals surface area (Å²) in [6.07, 6.45) is -4.80. The van der Waals surface area contributed by atoms with E-state index >= 15 is 0 Å². The molecular formula is C15H12F5NO3S. The van der Waals surface area contributed by atoms with E-state index in [1.54, 1.807) is 0 Å². The molecule has 0 saturated heterocycles. The molecule has 0 radical (unpaired) electrons. The Morgan fingerprint density at radius 3 is 2.16 bits per heavy atom. The van der Waals surface area contributed by atoms with Crippen LogP contribution in [0.4, 0.5) is 27.6 Å². The summed E-state index contributed by atoms with van der Waals surface area (Å²) in [4.78, 5) is -0.554. The van der Waals surface area contributed by atoms with E-state index in [0.29, 0.717) is 5.56 Å². The molecule has 0 heterocycles. The normalized spacial score (nSPS) is 12.2. The van der Waals surface area contributed by atoms with Crippen LogP contribution in [0.25, 0.3) is 0 Å². The van der Waals surface area contributed by atoms with Gasteiger partial charge in [0, 0.05) is 6.54 Å². The van der Waals surface area contributed by atoms with Crippen LogP contribution < -0.4 is 10.1 Å². The van der Waals surface area contributed by atoms with Crippen LogP contribution in [0.5, 0.6) is 5.75 Å². The van der Waals surface area contributed by atoms with Crippen molar-refractivity contribution >= 4 is 15.5 Å². The van der Waals surface area contributed by atoms with Crippen molar-refractivity contribution in [3.05, 3.63) is 54.1 Å². The van der Waals surface area contributed by atoms with Gasteiger partial charge in [0.2, 0.25) is 9.84 Å². The molecule has 4 nitrogen and oxygen atoms in total. The number of para-hydroxylation sites is 1. The van der Waals surface area contributed by atoms with Gasteiger partial charge in [-0.3, -0.25) is 0 Å². The van der Waals surface area contributed by atoms with Crippen molar-refractivity contribution in [3.63, 3.8) is 0 Å². The summed E-state index contributed by atoms with van der Waals surface area (Å²) in [6.45, 7) is 0.0159. The second-order valence-electron chi connectivity index (χ2n) is 4.85. The zero-order valence-electron chi connectivity index (χ0n) is 12.4. The molecule has 0 fully saturated rings. The minimum absolute atomic E-state index is 0.0159. The Hall–Kier alpha value is -2.36. The smallest absolute Gasteiger partial charge is 0.406 e. The molecule has 2 aromatic rings. The molecule has 136 valence electrons. The molecule has 0 saturated carbocycles. The fourth-order valence-electron chi connectivity index (χ4n) is 1.96. The highest BCUT2D eigenvalue weighted by atomic mass is 32.2. The molecule has 0 unspecified atom stereocenters. The standard InChI is InChI=1S/C15H12F5NO3S/c16-14(17)25(22,23)13-4-2-1-3-12(13)21-9-10-5-7-11(8-6-10)24-15(18,19)20/h1-8,14,21H,9H2. The van der Waals surface area contributed by atoms with E-state index in [1.165, 1.54) is 30.3 Å². The van der Waals surface area contributed by atoms with Gasteiger partial charge in [-0.05, 0) is 29.8 Å². The Balaban J connectivity index is 2.12. The largest absolute Gasteiger partial charge is 0.573 e. The maximum absolute atomic E-state index is 12.7. The predicted octanol–water partition coefficient (Wildman–Crippen LogP) is 4.19. The molecule has 0 amide bonds. The van der Waals surface area contributed by atoms with Gasteiger partial charge >= 0.3 is 12.1 Å². The first kappa shape index (κ1) is 19.0. The first-order chi connectivity index (χ1) is 11.6. The van der Waals surface area contributed by atoms with E-state index < -0.39 is 32.6 Å². The van der Waals surface area contributed by atoms with E-state index in [4.69, 9.17) is 0 Å². The fourth-order valence-corrected chi connectivity index (χ4v) is 2.87. The predicted molar refractivity (Wildman–Crippen MR) is 80.1 cm³/mol. The third-order valence-electron chi connectivity index (χ3n) is 3.07. The average molecular weight is 381 g/mol. The van der Waals surface area contributed by atoms with Gasteiger partial charge in [0.25, 0.3) is 0 Å². The summed E-state index contributed by atoms with van der Waals surface area (Å²) >= 11 is 0. The molecule has 10 heteroatoms. The summed E-state index contributed by atoms with van der Waals surface area (Å²) < 4.78 is 88.6. The first-order valence-electron chi connectivity index (χ1n) is 6.79. The summed E-state index contributed by atoms with van der Waals surface area (Å²) in [5, 5.41) is 2.68. The number of benzene rings is 2. The minimum atomic E-state index is -4.80. The molecular weight excluding hydrogens is 369 g/mol. The Bertz CT molecular complexity index is 820. The number of sulfone groups is 1. The number of hydrogen-bond acceptors (Lipinski definition) is 4. The van der Waals surface area contributed by atoms with Crippen LogP contribution in [-0.4, -0.2) is 20.5 Å². The van der Waals surface area contributed by atoms with Crippen molar-refractivity contribution in [1.29, 1.82) is 0 Å². The minimum Gasteiger partial charge on any atom is -0.406 e. The van der Waals surface area contributed by atoms with Gasteiger partial charge in [0.05, 0.1) is 10.6 Å². The SMILES string of the molecule is O=S(=O)(c1ccccc1NCc1ccc(OC(F)(F)F)cc1)C(F)F. The van der Waals surface area contributed by atoms with Gasteiger partial charge in [0.15, 0.2) is 0 Å². The van der Waals surface area contributed by atoms with Crippen molar-refractivity contribution in [2.45, 2.75) is 23.6 Å². The molecule has 0 aliphatic carbocycles. The monoisotopic (exact) mass is 381 g/mol. The molecule has 2 aromatic carbocycles. The van der Waals surface area contributed by atoms with Crippen LogP contribution in [0, 0.1) is 0 Å². The summed E-state index contributed by atoms with van der Waals surface area (Å²) in [6, 6.07) is 9.98. The maximum Gasteiger partial charge on any atom is 0.573 e. The molecule has 25 heavy (non-hydrogen) atoms. The number of ether oxygens (including phenoxy) is 1. The highest BCUT2D eigenvalue weighted by Gasteiger charge is 2.31. The van der Waals surface area contributed by atoms with Crippen molar-refractivity contribution in [3.8, 4) is 5.75 Å². The molecule has 0 aliphatic heterocycles. The molecule has 0 bridgehead atoms. The number of rotatable bonds is 6. The van der Waals surface area contributed by atoms with Crippen molar-refractivity contribution < 1.29 is 35.1 Å². The van der Waals surface area contributed by atoms with Crippen LogP contribution in [0.1, 0.15) is 5.56 Å². The van der Waals surface area contributed by atoms with E-state index in [1.807, 2.05) is 0 Å². The van der Waals surface area contributed by atoms with Crippen LogP contribution in [-0.2, 0) is 16.4 Å². The lowest BCUT2D eigenvalue weighted by Gasteiger charge is -2.13. The summed E-state index contributed by atoms with van der Waals surface area (Å²) in [5.41, 5.74) is 0.470. The lowest BCUT2D eigenvalue weighted by atomic mass is 10.2. The molecule has 0 aromatic heterocycles. The third-order valence-corrected chi connectivity index (χ3v) is 4.51. The van der Waals surface area contributed by atoms with Crippen LogP contribution in [0.15, 0.2) is 53.4 Å². The Labute approximate surface area is 140 Å². The van der Waals surface area contributed by atoms with Crippen LogP contribution >= 0.6 is 0 Å². The second-order valence-corrected chi connectivity index (χ2v) is 6.73.